The molecule has 1 aromatic heterocycles. The first kappa shape index (κ1) is 23.7. The number of aromatic nitrogens is 2. The van der Waals surface area contributed by atoms with Crippen molar-refractivity contribution in [2.45, 2.75) is 19.4 Å². The Hall–Kier alpha value is -3.49. The van der Waals surface area contributed by atoms with Crippen LogP contribution < -0.4 is 11.1 Å². The van der Waals surface area contributed by atoms with Gasteiger partial charge in [0.2, 0.25) is 11.9 Å². The molecule has 1 fully saturated rings. The Labute approximate surface area is 203 Å². The number of halogens is 1. The first-order valence-corrected chi connectivity index (χ1v) is 11.6. The third kappa shape index (κ3) is 5.52. The molecule has 0 bridgehead atoms. The van der Waals surface area contributed by atoms with Crippen LogP contribution in [0.2, 0.25) is 5.02 Å². The van der Waals surface area contributed by atoms with Gasteiger partial charge in [0.05, 0.1) is 11.7 Å². The summed E-state index contributed by atoms with van der Waals surface area (Å²) in [6.07, 6.45) is 2.36. The molecule has 9 heteroatoms. The summed E-state index contributed by atoms with van der Waals surface area (Å²) in [7, 11) is 0. The van der Waals surface area contributed by atoms with Crippen molar-refractivity contribution in [2.75, 3.05) is 31.5 Å². The van der Waals surface area contributed by atoms with Crippen LogP contribution in [0.15, 0.2) is 60.8 Å². The van der Waals surface area contributed by atoms with Crippen molar-refractivity contribution < 1.29 is 9.59 Å². The quantitative estimate of drug-likeness (QED) is 0.538. The van der Waals surface area contributed by atoms with Gasteiger partial charge in [-0.1, -0.05) is 30.7 Å². The average molecular weight is 479 g/mol. The van der Waals surface area contributed by atoms with Crippen molar-refractivity contribution in [2.24, 2.45) is 5.73 Å². The van der Waals surface area contributed by atoms with Crippen LogP contribution in [-0.4, -0.2) is 63.8 Å². The summed E-state index contributed by atoms with van der Waals surface area (Å²) in [5.41, 5.74) is 8.60. The molecular formula is C25H27ClN6O2. The van der Waals surface area contributed by atoms with Crippen LogP contribution in [0.5, 0.6) is 0 Å². The molecule has 34 heavy (non-hydrogen) atoms. The molecule has 1 aliphatic heterocycles. The number of amides is 2. The van der Waals surface area contributed by atoms with Crippen molar-refractivity contribution in [1.82, 2.24) is 19.8 Å². The molecule has 176 valence electrons. The maximum absolute atomic E-state index is 12.9. The molecule has 0 spiro atoms. The number of carbonyl (C=O) groups is 2. The van der Waals surface area contributed by atoms with Gasteiger partial charge >= 0.3 is 0 Å². The molecule has 1 saturated heterocycles. The number of carbonyl (C=O) groups excluding carboxylic acids is 2. The molecular weight excluding hydrogens is 452 g/mol. The first-order valence-electron chi connectivity index (χ1n) is 11.2. The van der Waals surface area contributed by atoms with Crippen LogP contribution in [-0.2, 0) is 4.79 Å². The summed E-state index contributed by atoms with van der Waals surface area (Å²) in [6.45, 7) is 4.34. The summed E-state index contributed by atoms with van der Waals surface area (Å²) < 4.78 is 0. The fraction of sp³-hybridized carbons (Fsp3) is 0.280. The molecule has 8 nitrogen and oxygen atoms in total. The Morgan fingerprint density at radius 2 is 1.71 bits per heavy atom. The second kappa shape index (κ2) is 10.6. The highest BCUT2D eigenvalue weighted by Gasteiger charge is 2.28. The van der Waals surface area contributed by atoms with E-state index in [9.17, 15) is 9.59 Å². The van der Waals surface area contributed by atoms with Gasteiger partial charge < -0.3 is 16.0 Å². The number of anilines is 2. The topological polar surface area (TPSA) is 104 Å². The van der Waals surface area contributed by atoms with Gasteiger partial charge in [-0.2, -0.15) is 0 Å². The first-order chi connectivity index (χ1) is 16.4. The number of hydrogen-bond donors (Lipinski definition) is 2. The number of hydrogen-bond acceptors (Lipinski definition) is 6. The Morgan fingerprint density at radius 3 is 2.32 bits per heavy atom. The minimum Gasteiger partial charge on any atom is -0.368 e. The second-order valence-electron chi connectivity index (χ2n) is 8.13. The van der Waals surface area contributed by atoms with E-state index in [0.29, 0.717) is 49.1 Å². The van der Waals surface area contributed by atoms with E-state index in [0.717, 1.165) is 16.9 Å². The highest BCUT2D eigenvalue weighted by atomic mass is 35.5. The molecule has 4 rings (SSSR count). The van der Waals surface area contributed by atoms with Gasteiger partial charge in [0.1, 0.15) is 0 Å². The molecule has 2 aromatic carbocycles. The maximum atomic E-state index is 12.9. The lowest BCUT2D eigenvalue weighted by molar-refractivity contribution is -0.123. The molecule has 1 aliphatic rings. The Morgan fingerprint density at radius 1 is 1.03 bits per heavy atom. The van der Waals surface area contributed by atoms with Crippen molar-refractivity contribution in [3.8, 4) is 11.3 Å². The van der Waals surface area contributed by atoms with Crippen molar-refractivity contribution in [3.63, 3.8) is 0 Å². The monoisotopic (exact) mass is 478 g/mol. The van der Waals surface area contributed by atoms with Crippen LogP contribution in [0.3, 0.4) is 0 Å². The van der Waals surface area contributed by atoms with E-state index in [1.165, 1.54) is 0 Å². The van der Waals surface area contributed by atoms with E-state index in [1.807, 2.05) is 54.3 Å². The van der Waals surface area contributed by atoms with Crippen molar-refractivity contribution in [3.05, 3.63) is 71.4 Å². The van der Waals surface area contributed by atoms with Gasteiger partial charge in [0.25, 0.3) is 5.91 Å². The lowest BCUT2D eigenvalue weighted by Crippen LogP contribution is -2.55. The van der Waals surface area contributed by atoms with Crippen LogP contribution in [0.4, 0.5) is 11.6 Å². The molecule has 3 N–H and O–H groups in total. The Kier molecular flexibility index (Phi) is 7.40. The standard InChI is InChI=1S/C25H27ClN6O2/c1-2-22(23(27)33)31-13-15-32(16-14-31)24(34)18-5-9-20(10-6-18)29-25-28-12-11-21(30-25)17-3-7-19(26)8-4-17/h3-12,22H,2,13-16H2,1H3,(H2,27,33)(H,28,29,30). The summed E-state index contributed by atoms with van der Waals surface area (Å²) in [4.78, 5) is 37.3. The number of nitrogens with zero attached hydrogens (tertiary/aromatic N) is 4. The van der Waals surface area contributed by atoms with Gasteiger partial charge in [0, 0.05) is 54.2 Å². The van der Waals surface area contributed by atoms with E-state index < -0.39 is 0 Å². The highest BCUT2D eigenvalue weighted by Crippen LogP contribution is 2.22. The van der Waals surface area contributed by atoms with Crippen LogP contribution in [0.25, 0.3) is 11.3 Å². The predicted octanol–water partition coefficient (Wildman–Crippen LogP) is 3.56. The van der Waals surface area contributed by atoms with E-state index in [1.54, 1.807) is 18.3 Å². The fourth-order valence-corrected chi connectivity index (χ4v) is 4.21. The highest BCUT2D eigenvalue weighted by molar-refractivity contribution is 6.30. The molecule has 0 radical (unpaired) electrons. The Bertz CT molecular complexity index is 1140. The van der Waals surface area contributed by atoms with Gasteiger partial charge in [-0.05, 0) is 48.9 Å². The minimum atomic E-state index is -0.312. The molecule has 1 atom stereocenters. The summed E-state index contributed by atoms with van der Waals surface area (Å²) in [5, 5.41) is 3.85. The zero-order chi connectivity index (χ0) is 24.1. The average Bonchev–Trinajstić information content (AvgIpc) is 2.85. The van der Waals surface area contributed by atoms with E-state index in [2.05, 4.69) is 20.2 Å². The Balaban J connectivity index is 1.37. The lowest BCUT2D eigenvalue weighted by atomic mass is 10.1. The summed E-state index contributed by atoms with van der Waals surface area (Å²) >= 11 is 5.97. The van der Waals surface area contributed by atoms with E-state index >= 15 is 0 Å². The number of nitrogens with two attached hydrogens (primary N) is 1. The smallest absolute Gasteiger partial charge is 0.253 e. The number of primary amides is 1. The zero-order valence-electron chi connectivity index (χ0n) is 18.9. The molecule has 1 unspecified atom stereocenters. The number of rotatable bonds is 7. The largest absolute Gasteiger partial charge is 0.368 e. The fourth-order valence-electron chi connectivity index (χ4n) is 4.08. The molecule has 0 aliphatic carbocycles. The third-order valence-corrected chi connectivity index (χ3v) is 6.19. The van der Waals surface area contributed by atoms with Gasteiger partial charge in [-0.25, -0.2) is 9.97 Å². The number of nitrogens with one attached hydrogen (secondary N) is 1. The van der Waals surface area contributed by atoms with Crippen molar-refractivity contribution >= 4 is 35.1 Å². The third-order valence-electron chi connectivity index (χ3n) is 5.94. The van der Waals surface area contributed by atoms with Crippen molar-refractivity contribution in [1.29, 1.82) is 0 Å². The molecule has 2 amide bonds. The van der Waals surface area contributed by atoms with Crippen LogP contribution in [0.1, 0.15) is 23.7 Å². The molecule has 0 saturated carbocycles. The summed E-state index contributed by atoms with van der Waals surface area (Å²) in [5.74, 6) is 0.120. The molecule has 2 heterocycles. The second-order valence-corrected chi connectivity index (χ2v) is 8.57. The van der Waals surface area contributed by atoms with Crippen LogP contribution >= 0.6 is 11.6 Å². The molecule has 3 aromatic rings. The zero-order valence-corrected chi connectivity index (χ0v) is 19.7. The number of benzene rings is 2. The maximum Gasteiger partial charge on any atom is 0.253 e. The van der Waals surface area contributed by atoms with Crippen LogP contribution in [0, 0.1) is 0 Å². The van der Waals surface area contributed by atoms with E-state index in [-0.39, 0.29) is 17.9 Å². The van der Waals surface area contributed by atoms with E-state index in [4.69, 9.17) is 17.3 Å². The SMILES string of the molecule is CCC(C(N)=O)N1CCN(C(=O)c2ccc(Nc3nccc(-c4ccc(Cl)cc4)n3)cc2)CC1. The lowest BCUT2D eigenvalue weighted by Gasteiger charge is -2.37. The van der Waals surface area contributed by atoms with Gasteiger partial charge in [-0.3, -0.25) is 14.5 Å². The normalized spacial score (nSPS) is 15.1. The minimum absolute atomic E-state index is 0.0284. The van der Waals surface area contributed by atoms with Gasteiger partial charge in [-0.15, -0.1) is 0 Å². The van der Waals surface area contributed by atoms with Gasteiger partial charge in [0.15, 0.2) is 0 Å². The predicted molar refractivity (Wildman–Crippen MR) is 133 cm³/mol. The number of piperazine rings is 1. The summed E-state index contributed by atoms with van der Waals surface area (Å²) in [6, 6.07) is 16.3.